The molecule has 2 heterocycles. The number of carboxylic acids is 1. The lowest BCUT2D eigenvalue weighted by molar-refractivity contribution is -0.140. The first-order chi connectivity index (χ1) is 16.8. The lowest BCUT2D eigenvalue weighted by atomic mass is 9.93. The van der Waals surface area contributed by atoms with Gasteiger partial charge < -0.3 is 15.3 Å². The Morgan fingerprint density at radius 1 is 1.11 bits per heavy atom. The van der Waals surface area contributed by atoms with Crippen LogP contribution in [0.5, 0.6) is 0 Å². The summed E-state index contributed by atoms with van der Waals surface area (Å²) in [5.74, 6) is -2.23. The first-order valence-electron chi connectivity index (χ1n) is 11.2. The molecule has 1 aliphatic heterocycles. The van der Waals surface area contributed by atoms with Gasteiger partial charge in [-0.15, -0.1) is 11.3 Å². The van der Waals surface area contributed by atoms with Crippen molar-refractivity contribution in [2.75, 3.05) is 13.1 Å². The van der Waals surface area contributed by atoms with Crippen LogP contribution in [0, 0.1) is 0 Å². The molecule has 0 spiro atoms. The third-order valence-corrected chi connectivity index (χ3v) is 8.05. The molecule has 1 aromatic heterocycles. The van der Waals surface area contributed by atoms with Gasteiger partial charge in [0, 0.05) is 25.2 Å². The fraction of sp³-hybridized carbons (Fsp3) is 0.269. The molecule has 6 nitrogen and oxygen atoms in total. The van der Waals surface area contributed by atoms with Crippen molar-refractivity contribution in [3.05, 3.63) is 75.1 Å². The first kappa shape index (κ1) is 25.2. The summed E-state index contributed by atoms with van der Waals surface area (Å²) in [5.41, 5.74) is 1.35. The number of amides is 2. The molecule has 0 radical (unpaired) electrons. The van der Waals surface area contributed by atoms with Gasteiger partial charge in [0.2, 0.25) is 11.8 Å². The standard InChI is InChI=1S/C26H24Cl2N2O4S/c27-23-17(14-18-10-13-35-25(18)24(23)28)6-7-21(31)30-11-8-19(9-12-30)29-26(34)20(15-22(32)33)16-4-2-1-3-5-16/h1-7,10,13-14,19-20H,8-9,11-12,15H2,(H,29,34)(H,32,33)/b7-6+. The van der Waals surface area contributed by atoms with Crippen molar-refractivity contribution in [2.45, 2.75) is 31.2 Å². The summed E-state index contributed by atoms with van der Waals surface area (Å²) in [6, 6.07) is 12.7. The average Bonchev–Trinajstić information content (AvgIpc) is 3.33. The number of fused-ring (bicyclic) bond motifs is 1. The van der Waals surface area contributed by atoms with Crippen molar-refractivity contribution >= 4 is 68.5 Å². The molecule has 1 unspecified atom stereocenters. The number of rotatable bonds is 7. The van der Waals surface area contributed by atoms with Gasteiger partial charge in [0.25, 0.3) is 0 Å². The monoisotopic (exact) mass is 530 g/mol. The van der Waals surface area contributed by atoms with Gasteiger partial charge in [-0.3, -0.25) is 14.4 Å². The number of thiophene rings is 1. The second-order valence-electron chi connectivity index (χ2n) is 8.44. The molecule has 0 aliphatic carbocycles. The third kappa shape index (κ3) is 6.04. The highest BCUT2D eigenvalue weighted by molar-refractivity contribution is 7.18. The number of hydrogen-bond acceptors (Lipinski definition) is 4. The van der Waals surface area contributed by atoms with Crippen LogP contribution in [0.3, 0.4) is 0 Å². The van der Waals surface area contributed by atoms with Crippen LogP contribution in [0.2, 0.25) is 10.0 Å². The van der Waals surface area contributed by atoms with Crippen molar-refractivity contribution in [1.82, 2.24) is 10.2 Å². The number of carbonyl (C=O) groups is 3. The summed E-state index contributed by atoms with van der Waals surface area (Å²) in [7, 11) is 0. The Kier molecular flexibility index (Phi) is 8.11. The van der Waals surface area contributed by atoms with Gasteiger partial charge in [-0.1, -0.05) is 53.5 Å². The maximum Gasteiger partial charge on any atom is 0.304 e. The van der Waals surface area contributed by atoms with E-state index in [1.165, 1.54) is 17.4 Å². The number of piperidine rings is 1. The van der Waals surface area contributed by atoms with Crippen LogP contribution in [0.4, 0.5) is 0 Å². The number of carboxylic acid groups (broad SMARTS) is 1. The van der Waals surface area contributed by atoms with Crippen molar-refractivity contribution in [1.29, 1.82) is 0 Å². The minimum atomic E-state index is -1.03. The molecule has 2 N–H and O–H groups in total. The number of likely N-dealkylation sites (tertiary alicyclic amines) is 1. The Balaban J connectivity index is 1.34. The molecule has 1 aliphatic rings. The molecule has 35 heavy (non-hydrogen) atoms. The summed E-state index contributed by atoms with van der Waals surface area (Å²) >= 11 is 14.3. The van der Waals surface area contributed by atoms with Gasteiger partial charge in [-0.2, -0.15) is 0 Å². The number of aliphatic carboxylic acids is 1. The highest BCUT2D eigenvalue weighted by Gasteiger charge is 2.28. The Morgan fingerprint density at radius 2 is 1.83 bits per heavy atom. The predicted octanol–water partition coefficient (Wildman–Crippen LogP) is 5.59. The number of carbonyl (C=O) groups excluding carboxylic acids is 2. The zero-order valence-corrected chi connectivity index (χ0v) is 21.1. The van der Waals surface area contributed by atoms with Gasteiger partial charge in [-0.25, -0.2) is 0 Å². The molecular weight excluding hydrogens is 507 g/mol. The number of hydrogen-bond donors (Lipinski definition) is 2. The summed E-state index contributed by atoms with van der Waals surface area (Å²) in [5, 5.41) is 16.1. The second-order valence-corrected chi connectivity index (χ2v) is 10.1. The minimum Gasteiger partial charge on any atom is -0.481 e. The van der Waals surface area contributed by atoms with Crippen LogP contribution in [0.25, 0.3) is 16.2 Å². The molecule has 2 aromatic carbocycles. The predicted molar refractivity (Wildman–Crippen MR) is 140 cm³/mol. The third-order valence-electron chi connectivity index (χ3n) is 6.11. The van der Waals surface area contributed by atoms with E-state index >= 15 is 0 Å². The first-order valence-corrected chi connectivity index (χ1v) is 12.9. The van der Waals surface area contributed by atoms with Crippen LogP contribution in [0.15, 0.2) is 53.9 Å². The lowest BCUT2D eigenvalue weighted by Crippen LogP contribution is -2.47. The van der Waals surface area contributed by atoms with E-state index in [0.29, 0.717) is 47.1 Å². The Hall–Kier alpha value is -2.87. The zero-order chi connectivity index (χ0) is 24.9. The summed E-state index contributed by atoms with van der Waals surface area (Å²) in [6.45, 7) is 0.974. The Labute approximate surface area is 217 Å². The van der Waals surface area contributed by atoms with Gasteiger partial charge in [0.05, 0.1) is 27.1 Å². The molecule has 1 fully saturated rings. The largest absolute Gasteiger partial charge is 0.481 e. The minimum absolute atomic E-state index is 0.121. The summed E-state index contributed by atoms with van der Waals surface area (Å²) < 4.78 is 0.919. The summed E-state index contributed by atoms with van der Waals surface area (Å²) in [6.07, 6.45) is 4.08. The highest BCUT2D eigenvalue weighted by Crippen LogP contribution is 2.37. The molecule has 3 aromatic rings. The van der Waals surface area contributed by atoms with E-state index in [9.17, 15) is 19.5 Å². The van der Waals surface area contributed by atoms with Crippen LogP contribution < -0.4 is 5.32 Å². The number of benzene rings is 2. The molecular formula is C26H24Cl2N2O4S. The van der Waals surface area contributed by atoms with Crippen LogP contribution in [-0.2, 0) is 14.4 Å². The van der Waals surface area contributed by atoms with E-state index < -0.39 is 11.9 Å². The van der Waals surface area contributed by atoms with Gasteiger partial charge in [-0.05, 0) is 52.9 Å². The molecule has 1 atom stereocenters. The van der Waals surface area contributed by atoms with Gasteiger partial charge >= 0.3 is 5.97 Å². The number of halogens is 2. The molecule has 1 saturated heterocycles. The maximum atomic E-state index is 12.9. The van der Waals surface area contributed by atoms with Crippen molar-refractivity contribution in [2.24, 2.45) is 0 Å². The molecule has 2 amide bonds. The van der Waals surface area contributed by atoms with Crippen LogP contribution in [-0.4, -0.2) is 46.9 Å². The average molecular weight is 531 g/mol. The number of nitrogens with zero attached hydrogens (tertiary/aromatic N) is 1. The molecule has 4 rings (SSSR count). The topological polar surface area (TPSA) is 86.7 Å². The number of nitrogens with one attached hydrogen (secondary N) is 1. The quantitative estimate of drug-likeness (QED) is 0.390. The van der Waals surface area contributed by atoms with E-state index in [2.05, 4.69) is 5.32 Å². The SMILES string of the molecule is O=C(O)CC(C(=O)NC1CCN(C(=O)/C=C/c2cc3ccsc3c(Cl)c2Cl)CC1)c1ccccc1. The summed E-state index contributed by atoms with van der Waals surface area (Å²) in [4.78, 5) is 38.6. The molecule has 9 heteroatoms. The van der Waals surface area contributed by atoms with Crippen molar-refractivity contribution in [3.8, 4) is 0 Å². The fourth-order valence-corrected chi connectivity index (χ4v) is 5.66. The van der Waals surface area contributed by atoms with E-state index in [1.54, 1.807) is 35.2 Å². The van der Waals surface area contributed by atoms with Crippen LogP contribution in [0.1, 0.15) is 36.3 Å². The van der Waals surface area contributed by atoms with E-state index in [4.69, 9.17) is 23.2 Å². The van der Waals surface area contributed by atoms with Crippen LogP contribution >= 0.6 is 34.5 Å². The normalized spacial score (nSPS) is 15.4. The van der Waals surface area contributed by atoms with Gasteiger partial charge in [0.15, 0.2) is 0 Å². The molecule has 182 valence electrons. The molecule has 0 saturated carbocycles. The van der Waals surface area contributed by atoms with Crippen molar-refractivity contribution in [3.63, 3.8) is 0 Å². The van der Waals surface area contributed by atoms with Gasteiger partial charge in [0.1, 0.15) is 0 Å². The van der Waals surface area contributed by atoms with E-state index in [-0.39, 0.29) is 24.3 Å². The highest BCUT2D eigenvalue weighted by atomic mass is 35.5. The Morgan fingerprint density at radius 3 is 2.51 bits per heavy atom. The van der Waals surface area contributed by atoms with E-state index in [1.807, 2.05) is 23.6 Å². The second kappa shape index (κ2) is 11.2. The smallest absolute Gasteiger partial charge is 0.304 e. The Bertz CT molecular complexity index is 1270. The zero-order valence-electron chi connectivity index (χ0n) is 18.7. The fourth-order valence-electron chi connectivity index (χ4n) is 4.22. The van der Waals surface area contributed by atoms with E-state index in [0.717, 1.165) is 10.1 Å². The molecule has 0 bridgehead atoms. The maximum absolute atomic E-state index is 12.9. The van der Waals surface area contributed by atoms with Crippen molar-refractivity contribution < 1.29 is 19.5 Å². The lowest BCUT2D eigenvalue weighted by Gasteiger charge is -2.32.